The first-order valence-electron chi connectivity index (χ1n) is 10.2. The summed E-state index contributed by atoms with van der Waals surface area (Å²) in [6.45, 7) is 6.81. The van der Waals surface area contributed by atoms with Crippen LogP contribution in [0.1, 0.15) is 43.6 Å². The molecule has 0 aliphatic carbocycles. The molecule has 0 aliphatic heterocycles. The van der Waals surface area contributed by atoms with Gasteiger partial charge in [-0.1, -0.05) is 55.9 Å². The van der Waals surface area contributed by atoms with Gasteiger partial charge in [-0.05, 0) is 43.5 Å². The zero-order chi connectivity index (χ0) is 23.3. The van der Waals surface area contributed by atoms with Gasteiger partial charge in [0.05, 0.1) is 11.6 Å². The zero-order valence-corrected chi connectivity index (χ0v) is 19.2. The largest absolute Gasteiger partial charge is 0.449 e. The Morgan fingerprint density at radius 2 is 1.88 bits per heavy atom. The molecule has 2 unspecified atom stereocenters. The van der Waals surface area contributed by atoms with E-state index in [2.05, 4.69) is 16.4 Å². The summed E-state index contributed by atoms with van der Waals surface area (Å²) in [5, 5.41) is 12.6. The van der Waals surface area contributed by atoms with Crippen LogP contribution in [0.5, 0.6) is 0 Å². The molecule has 8 heteroatoms. The maximum atomic E-state index is 12.8. The fraction of sp³-hybridized carbons (Fsp3) is 0.333. The van der Waals surface area contributed by atoms with E-state index < -0.39 is 23.5 Å². The molecule has 0 fully saturated rings. The van der Waals surface area contributed by atoms with Gasteiger partial charge in [0, 0.05) is 5.75 Å². The molecular weight excluding hydrogens is 426 g/mol. The van der Waals surface area contributed by atoms with E-state index in [1.807, 2.05) is 50.2 Å². The van der Waals surface area contributed by atoms with Crippen LogP contribution in [-0.2, 0) is 15.3 Å². The van der Waals surface area contributed by atoms with Crippen LogP contribution in [0, 0.1) is 17.2 Å². The number of fused-ring (bicyclic) bond motifs is 1. The third-order valence-corrected chi connectivity index (χ3v) is 6.16. The molecule has 1 heterocycles. The number of nitrogens with zero attached hydrogens (tertiary/aromatic N) is 2. The molecule has 0 radical (unpaired) electrons. The molecule has 0 saturated carbocycles. The van der Waals surface area contributed by atoms with Crippen LogP contribution in [0.15, 0.2) is 58.2 Å². The number of rotatable bonds is 8. The fourth-order valence-electron chi connectivity index (χ4n) is 2.83. The molecule has 2 aromatic carbocycles. The van der Waals surface area contributed by atoms with E-state index in [1.54, 1.807) is 19.1 Å². The Kier molecular flexibility index (Phi) is 7.21. The third kappa shape index (κ3) is 5.29. The third-order valence-electron chi connectivity index (χ3n) is 5.29. The molecular formula is C24H25N3O4S. The number of thioether (sulfide) groups is 1. The topological polar surface area (TPSA) is 105 Å². The van der Waals surface area contributed by atoms with Gasteiger partial charge in [0.25, 0.3) is 11.1 Å². The zero-order valence-electron chi connectivity index (χ0n) is 18.4. The summed E-state index contributed by atoms with van der Waals surface area (Å²) in [5.74, 6) is -0.790. The monoisotopic (exact) mass is 451 g/mol. The van der Waals surface area contributed by atoms with Crippen LogP contribution in [-0.4, -0.2) is 28.5 Å². The van der Waals surface area contributed by atoms with E-state index >= 15 is 0 Å². The maximum Gasteiger partial charge on any atom is 0.339 e. The van der Waals surface area contributed by atoms with Crippen molar-refractivity contribution in [2.45, 2.75) is 50.3 Å². The quantitative estimate of drug-likeness (QED) is 0.390. The van der Waals surface area contributed by atoms with Crippen LogP contribution in [0.3, 0.4) is 0 Å². The number of para-hydroxylation sites is 2. The summed E-state index contributed by atoms with van der Waals surface area (Å²) in [4.78, 5) is 29.7. The van der Waals surface area contributed by atoms with Crippen LogP contribution in [0.4, 0.5) is 0 Å². The Morgan fingerprint density at radius 1 is 1.19 bits per heavy atom. The van der Waals surface area contributed by atoms with Gasteiger partial charge in [-0.25, -0.2) is 9.78 Å². The molecule has 2 atom stereocenters. The first-order chi connectivity index (χ1) is 15.2. The van der Waals surface area contributed by atoms with Crippen molar-refractivity contribution in [1.82, 2.24) is 10.3 Å². The van der Waals surface area contributed by atoms with Crippen molar-refractivity contribution < 1.29 is 18.7 Å². The van der Waals surface area contributed by atoms with E-state index in [0.29, 0.717) is 22.1 Å². The predicted molar refractivity (Wildman–Crippen MR) is 122 cm³/mol. The predicted octanol–water partition coefficient (Wildman–Crippen LogP) is 4.72. The number of hydrogen-bond acceptors (Lipinski definition) is 7. The van der Waals surface area contributed by atoms with Gasteiger partial charge in [-0.2, -0.15) is 5.26 Å². The van der Waals surface area contributed by atoms with Crippen LogP contribution in [0.2, 0.25) is 0 Å². The van der Waals surface area contributed by atoms with Crippen molar-refractivity contribution in [3.63, 3.8) is 0 Å². The summed E-state index contributed by atoms with van der Waals surface area (Å²) in [6.07, 6.45) is -1.05. The molecule has 0 spiro atoms. The Morgan fingerprint density at radius 3 is 2.56 bits per heavy atom. The molecule has 0 bridgehead atoms. The number of aromatic nitrogens is 1. The number of benzene rings is 2. The van der Waals surface area contributed by atoms with E-state index in [0.717, 1.165) is 11.1 Å². The second-order valence-electron chi connectivity index (χ2n) is 7.90. The minimum absolute atomic E-state index is 0.107. The van der Waals surface area contributed by atoms with Gasteiger partial charge in [-0.15, -0.1) is 0 Å². The lowest BCUT2D eigenvalue weighted by Gasteiger charge is -2.28. The summed E-state index contributed by atoms with van der Waals surface area (Å²) in [6, 6.07) is 16.6. The number of nitrogens with one attached hydrogen (secondary N) is 1. The Labute approximate surface area is 191 Å². The number of carbonyl (C=O) groups excluding carboxylic acids is 2. The fourth-order valence-corrected chi connectivity index (χ4v) is 3.68. The Hall–Kier alpha value is -3.31. The van der Waals surface area contributed by atoms with Crippen LogP contribution < -0.4 is 5.32 Å². The van der Waals surface area contributed by atoms with E-state index in [1.165, 1.54) is 18.7 Å². The minimum Gasteiger partial charge on any atom is -0.449 e. The second-order valence-corrected chi connectivity index (χ2v) is 8.83. The number of nitriles is 1. The molecule has 166 valence electrons. The van der Waals surface area contributed by atoms with E-state index in [4.69, 9.17) is 9.15 Å². The highest BCUT2D eigenvalue weighted by Gasteiger charge is 2.32. The number of ether oxygens (including phenoxy) is 1. The van der Waals surface area contributed by atoms with Crippen molar-refractivity contribution in [1.29, 1.82) is 5.26 Å². The summed E-state index contributed by atoms with van der Waals surface area (Å²) in [7, 11) is 0. The highest BCUT2D eigenvalue weighted by Crippen LogP contribution is 2.27. The summed E-state index contributed by atoms with van der Waals surface area (Å²) in [5.41, 5.74) is 1.52. The second kappa shape index (κ2) is 9.88. The average Bonchev–Trinajstić information content (AvgIpc) is 3.20. The van der Waals surface area contributed by atoms with Crippen molar-refractivity contribution in [2.24, 2.45) is 5.92 Å². The molecule has 0 saturated heterocycles. The lowest BCUT2D eigenvalue weighted by molar-refractivity contribution is -0.130. The smallest absolute Gasteiger partial charge is 0.339 e. The van der Waals surface area contributed by atoms with Gasteiger partial charge in [0.1, 0.15) is 11.1 Å². The highest BCUT2D eigenvalue weighted by molar-refractivity contribution is 7.98. The maximum absolute atomic E-state index is 12.8. The van der Waals surface area contributed by atoms with E-state index in [9.17, 15) is 14.9 Å². The molecule has 0 aliphatic rings. The van der Waals surface area contributed by atoms with Crippen LogP contribution >= 0.6 is 11.8 Å². The normalized spacial score (nSPS) is 13.9. The number of esters is 1. The molecule has 1 aromatic heterocycles. The molecule has 1 N–H and O–H groups in total. The van der Waals surface area contributed by atoms with Crippen molar-refractivity contribution >= 4 is 34.7 Å². The first kappa shape index (κ1) is 23.4. The van der Waals surface area contributed by atoms with Crippen LogP contribution in [0.25, 0.3) is 11.1 Å². The number of carbonyl (C=O) groups is 2. The summed E-state index contributed by atoms with van der Waals surface area (Å²) >= 11 is 1.37. The average molecular weight is 452 g/mol. The Balaban J connectivity index is 1.67. The van der Waals surface area contributed by atoms with E-state index in [-0.39, 0.29) is 5.92 Å². The van der Waals surface area contributed by atoms with Crippen molar-refractivity contribution in [2.75, 3.05) is 0 Å². The highest BCUT2D eigenvalue weighted by atomic mass is 32.2. The minimum atomic E-state index is -1.05. The molecule has 32 heavy (non-hydrogen) atoms. The van der Waals surface area contributed by atoms with Gasteiger partial charge in [0.2, 0.25) is 0 Å². The van der Waals surface area contributed by atoms with Gasteiger partial charge in [-0.3, -0.25) is 4.79 Å². The number of oxazole rings is 1. The number of hydrogen-bond donors (Lipinski definition) is 1. The number of amides is 1. The first-order valence-corrected chi connectivity index (χ1v) is 11.2. The van der Waals surface area contributed by atoms with Gasteiger partial charge in [0.15, 0.2) is 11.7 Å². The van der Waals surface area contributed by atoms with Crippen molar-refractivity contribution in [3.05, 3.63) is 59.7 Å². The molecule has 1 amide bonds. The summed E-state index contributed by atoms with van der Waals surface area (Å²) < 4.78 is 11.1. The molecule has 3 aromatic rings. The van der Waals surface area contributed by atoms with Gasteiger partial charge < -0.3 is 14.5 Å². The lowest BCUT2D eigenvalue weighted by atomic mass is 9.90. The van der Waals surface area contributed by atoms with Gasteiger partial charge >= 0.3 is 5.97 Å². The Bertz CT molecular complexity index is 1130. The molecule has 3 rings (SSSR count). The SMILES string of the molecule is CC(OC(=O)c1ccccc1CSc1nc2ccccc2o1)C(=O)NC(C)(C#N)C(C)C. The lowest BCUT2D eigenvalue weighted by Crippen LogP contribution is -2.52. The van der Waals surface area contributed by atoms with Crippen molar-refractivity contribution in [3.8, 4) is 6.07 Å². The molecule has 7 nitrogen and oxygen atoms in total. The standard InChI is InChI=1S/C24H25N3O4S/c1-15(2)24(4,14-25)27-21(28)16(3)30-22(29)18-10-6-5-9-17(18)13-32-23-26-19-11-7-8-12-20(19)31-23/h5-12,15-16H,13H2,1-4H3,(H,27,28).